The van der Waals surface area contributed by atoms with Crippen molar-refractivity contribution in [3.8, 4) is 0 Å². The van der Waals surface area contributed by atoms with Crippen molar-refractivity contribution in [2.24, 2.45) is 0 Å². The van der Waals surface area contributed by atoms with E-state index in [-0.39, 0.29) is 5.57 Å². The van der Waals surface area contributed by atoms with Gasteiger partial charge in [-0.3, -0.25) is 14.5 Å². The lowest BCUT2D eigenvalue weighted by Crippen LogP contribution is -2.43. The molecule has 35 heavy (non-hydrogen) atoms. The molecule has 2 aromatic rings. The molecule has 8 heteroatoms. The third-order valence-electron chi connectivity index (χ3n) is 6.20. The van der Waals surface area contributed by atoms with Crippen LogP contribution in [-0.4, -0.2) is 79.1 Å². The van der Waals surface area contributed by atoms with Crippen molar-refractivity contribution in [1.82, 2.24) is 9.80 Å². The minimum absolute atomic E-state index is 0.0231. The summed E-state index contributed by atoms with van der Waals surface area (Å²) in [6, 6.07) is 15.1. The predicted octanol–water partition coefficient (Wildman–Crippen LogP) is 2.78. The molecule has 182 valence electrons. The molecule has 1 unspecified atom stereocenters. The van der Waals surface area contributed by atoms with Crippen LogP contribution in [0, 0.1) is 0 Å². The van der Waals surface area contributed by atoms with Crippen LogP contribution in [-0.2, 0) is 19.1 Å². The number of hydrogen-bond donors (Lipinski definition) is 1. The van der Waals surface area contributed by atoms with Gasteiger partial charge >= 0.3 is 5.97 Å². The highest BCUT2D eigenvalue weighted by Gasteiger charge is 2.42. The first kappa shape index (κ1) is 24.4. The van der Waals surface area contributed by atoms with Crippen molar-refractivity contribution < 1.29 is 29.0 Å². The molecule has 1 N–H and O–H groups in total. The van der Waals surface area contributed by atoms with E-state index in [1.165, 1.54) is 18.1 Å². The number of methoxy groups -OCH3 is 1. The van der Waals surface area contributed by atoms with Crippen LogP contribution in [0.15, 0.2) is 72.0 Å². The molecule has 0 saturated carbocycles. The van der Waals surface area contributed by atoms with Gasteiger partial charge in [-0.25, -0.2) is 4.79 Å². The van der Waals surface area contributed by atoms with Gasteiger partial charge in [-0.2, -0.15) is 0 Å². The Balaban J connectivity index is 1.64. The molecule has 1 amide bonds. The topological polar surface area (TPSA) is 96.4 Å². The highest BCUT2D eigenvalue weighted by Crippen LogP contribution is 2.38. The van der Waals surface area contributed by atoms with Crippen LogP contribution in [0.4, 0.5) is 0 Å². The monoisotopic (exact) mass is 476 g/mol. The molecule has 8 nitrogen and oxygen atoms in total. The molecule has 0 aromatic heterocycles. The van der Waals surface area contributed by atoms with E-state index in [1.807, 2.05) is 30.3 Å². The van der Waals surface area contributed by atoms with Gasteiger partial charge in [0.05, 0.1) is 37.5 Å². The summed E-state index contributed by atoms with van der Waals surface area (Å²) in [5.41, 5.74) is 1.82. The second-order valence-electron chi connectivity index (χ2n) is 8.34. The van der Waals surface area contributed by atoms with Crippen molar-refractivity contribution in [1.29, 1.82) is 0 Å². The molecular formula is C27H28N2O6. The van der Waals surface area contributed by atoms with E-state index in [0.717, 1.165) is 18.7 Å². The zero-order chi connectivity index (χ0) is 24.8. The van der Waals surface area contributed by atoms with E-state index in [1.54, 1.807) is 30.3 Å². The van der Waals surface area contributed by atoms with E-state index >= 15 is 0 Å². The molecule has 1 fully saturated rings. The Kier molecular flexibility index (Phi) is 7.74. The number of aliphatic hydroxyl groups excluding tert-OH is 1. The number of morpholine rings is 1. The van der Waals surface area contributed by atoms with E-state index in [0.29, 0.717) is 37.4 Å². The minimum atomic E-state index is -0.775. The summed E-state index contributed by atoms with van der Waals surface area (Å²) in [7, 11) is 1.30. The normalized spacial score (nSPS) is 18.9. The third kappa shape index (κ3) is 5.50. The second kappa shape index (κ2) is 11.1. The Labute approximate surface area is 204 Å². The number of carbonyl (C=O) groups is 3. The summed E-state index contributed by atoms with van der Waals surface area (Å²) in [5.74, 6) is -2.06. The molecule has 1 saturated heterocycles. The number of carbonyl (C=O) groups excluding carboxylic acids is 3. The van der Waals surface area contributed by atoms with Gasteiger partial charge in [0, 0.05) is 26.2 Å². The first-order valence-electron chi connectivity index (χ1n) is 11.5. The Morgan fingerprint density at radius 3 is 2.40 bits per heavy atom. The van der Waals surface area contributed by atoms with Crippen LogP contribution in [0.1, 0.15) is 27.5 Å². The van der Waals surface area contributed by atoms with Crippen LogP contribution in [0.2, 0.25) is 0 Å². The molecule has 1 atom stereocenters. The average molecular weight is 477 g/mol. The van der Waals surface area contributed by atoms with Crippen molar-refractivity contribution in [2.75, 3.05) is 46.5 Å². The molecular weight excluding hydrogens is 448 g/mol. The molecule has 2 aliphatic rings. The van der Waals surface area contributed by atoms with Crippen LogP contribution >= 0.6 is 0 Å². The minimum Gasteiger partial charge on any atom is -0.503 e. The molecule has 0 bridgehead atoms. The van der Waals surface area contributed by atoms with Crippen LogP contribution in [0.5, 0.6) is 0 Å². The van der Waals surface area contributed by atoms with Crippen LogP contribution in [0.3, 0.4) is 0 Å². The van der Waals surface area contributed by atoms with Gasteiger partial charge in [0.25, 0.3) is 5.91 Å². The van der Waals surface area contributed by atoms with Gasteiger partial charge < -0.3 is 19.5 Å². The smallest absolute Gasteiger partial charge is 0.337 e. The maximum atomic E-state index is 13.2. The maximum Gasteiger partial charge on any atom is 0.337 e. The fourth-order valence-electron chi connectivity index (χ4n) is 4.30. The summed E-state index contributed by atoms with van der Waals surface area (Å²) < 4.78 is 10.2. The lowest BCUT2D eigenvalue weighted by Gasteiger charge is -2.31. The average Bonchev–Trinajstić information content (AvgIpc) is 3.16. The summed E-state index contributed by atoms with van der Waals surface area (Å²) in [4.78, 5) is 41.9. The first-order chi connectivity index (χ1) is 17.0. The number of ketones is 1. The quantitative estimate of drug-likeness (QED) is 0.462. The summed E-state index contributed by atoms with van der Waals surface area (Å²) in [6.45, 7) is 3.68. The molecule has 4 rings (SSSR count). The number of nitrogens with zero attached hydrogens (tertiary/aromatic N) is 2. The predicted molar refractivity (Wildman–Crippen MR) is 130 cm³/mol. The number of rotatable bonds is 8. The number of aliphatic hydroxyl groups is 1. The maximum absolute atomic E-state index is 13.2. The van der Waals surface area contributed by atoms with E-state index in [4.69, 9.17) is 9.47 Å². The Morgan fingerprint density at radius 1 is 1.06 bits per heavy atom. The van der Waals surface area contributed by atoms with Crippen LogP contribution < -0.4 is 0 Å². The fourth-order valence-corrected chi connectivity index (χ4v) is 4.30. The first-order valence-corrected chi connectivity index (χ1v) is 11.5. The van der Waals surface area contributed by atoms with Gasteiger partial charge in [-0.1, -0.05) is 48.5 Å². The Morgan fingerprint density at radius 2 is 1.74 bits per heavy atom. The molecule has 0 aliphatic carbocycles. The van der Waals surface area contributed by atoms with E-state index < -0.39 is 29.5 Å². The highest BCUT2D eigenvalue weighted by atomic mass is 16.5. The highest BCUT2D eigenvalue weighted by molar-refractivity contribution is 6.14. The van der Waals surface area contributed by atoms with Gasteiger partial charge in [0.1, 0.15) is 0 Å². The second-order valence-corrected chi connectivity index (χ2v) is 8.34. The summed E-state index contributed by atoms with van der Waals surface area (Å²) >= 11 is 0. The lowest BCUT2D eigenvalue weighted by molar-refractivity contribution is -0.129. The molecule has 2 heterocycles. The van der Waals surface area contributed by atoms with Gasteiger partial charge in [0.2, 0.25) is 0 Å². The number of esters is 1. The van der Waals surface area contributed by atoms with Crippen LogP contribution in [0.25, 0.3) is 6.08 Å². The molecule has 0 radical (unpaired) electrons. The van der Waals surface area contributed by atoms with E-state index in [9.17, 15) is 19.5 Å². The molecule has 0 spiro atoms. The van der Waals surface area contributed by atoms with Gasteiger partial charge in [-0.05, 0) is 29.3 Å². The molecule has 2 aliphatic heterocycles. The number of ether oxygens (including phenoxy) is 2. The van der Waals surface area contributed by atoms with Gasteiger partial charge in [0.15, 0.2) is 11.5 Å². The summed E-state index contributed by atoms with van der Waals surface area (Å²) in [5, 5.41) is 10.8. The van der Waals surface area contributed by atoms with Crippen molar-refractivity contribution in [3.05, 3.63) is 88.7 Å². The fraction of sp³-hybridized carbons (Fsp3) is 0.296. The van der Waals surface area contributed by atoms with Gasteiger partial charge in [-0.15, -0.1) is 0 Å². The van der Waals surface area contributed by atoms with Crippen molar-refractivity contribution in [3.63, 3.8) is 0 Å². The standard InChI is InChI=1S/C27H28N2O6/c1-34-27(33)21-10-8-20(9-11-21)24-23(22(30)12-7-19-5-3-2-4-6-19)25(31)26(32)29(24)14-13-28-15-17-35-18-16-28/h2-12,24,31H,13-18H2,1H3/b12-7+. The Bertz CT molecular complexity index is 1130. The summed E-state index contributed by atoms with van der Waals surface area (Å²) in [6.07, 6.45) is 3.02. The van der Waals surface area contributed by atoms with Crippen molar-refractivity contribution in [2.45, 2.75) is 6.04 Å². The lowest BCUT2D eigenvalue weighted by atomic mass is 9.94. The number of hydrogen-bond acceptors (Lipinski definition) is 7. The number of amides is 1. The SMILES string of the molecule is COC(=O)c1ccc(C2C(C(=O)/C=C/c3ccccc3)=C(O)C(=O)N2CCN2CCOCC2)cc1. The number of allylic oxidation sites excluding steroid dienone is 1. The zero-order valence-corrected chi connectivity index (χ0v) is 19.6. The third-order valence-corrected chi connectivity index (χ3v) is 6.20. The number of benzene rings is 2. The van der Waals surface area contributed by atoms with E-state index in [2.05, 4.69) is 4.90 Å². The van der Waals surface area contributed by atoms with Crippen molar-refractivity contribution >= 4 is 23.7 Å². The molecule has 2 aromatic carbocycles. The largest absolute Gasteiger partial charge is 0.503 e. The zero-order valence-electron chi connectivity index (χ0n) is 19.6. The Hall–Kier alpha value is -3.75.